The van der Waals surface area contributed by atoms with E-state index >= 15 is 0 Å². The molecule has 0 aliphatic heterocycles. The van der Waals surface area contributed by atoms with E-state index in [4.69, 9.17) is 4.55 Å². The zero-order chi connectivity index (χ0) is 19.8. The molecule has 0 fully saturated rings. The Balaban J connectivity index is 2.01. The first kappa shape index (κ1) is 19.0. The second kappa shape index (κ2) is 6.75. The molecule has 6 nitrogen and oxygen atoms in total. The van der Waals surface area contributed by atoms with Crippen molar-refractivity contribution in [3.8, 4) is 5.75 Å². The van der Waals surface area contributed by atoms with Crippen LogP contribution in [0.15, 0.2) is 69.7 Å². The topological polar surface area (TPSA) is 99.3 Å². The van der Waals surface area contributed by atoms with E-state index in [1.807, 2.05) is 18.2 Å². The second-order valence-corrected chi connectivity index (χ2v) is 8.71. The average molecular weight is 384 g/mol. The average Bonchev–Trinajstić information content (AvgIpc) is 2.59. The van der Waals surface area contributed by atoms with Gasteiger partial charge in [-0.1, -0.05) is 45.0 Å². The first-order chi connectivity index (χ1) is 12.6. The molecule has 0 aliphatic carbocycles. The van der Waals surface area contributed by atoms with E-state index in [1.165, 1.54) is 29.8 Å². The molecule has 140 valence electrons. The highest BCUT2D eigenvalue weighted by Crippen LogP contribution is 2.38. The van der Waals surface area contributed by atoms with Gasteiger partial charge in [-0.25, -0.2) is 0 Å². The van der Waals surface area contributed by atoms with Crippen LogP contribution >= 0.6 is 0 Å². The molecule has 3 rings (SSSR count). The molecule has 7 heteroatoms. The van der Waals surface area contributed by atoms with Crippen molar-refractivity contribution in [3.63, 3.8) is 0 Å². The van der Waals surface area contributed by atoms with E-state index in [0.29, 0.717) is 11.4 Å². The van der Waals surface area contributed by atoms with E-state index in [-0.39, 0.29) is 16.1 Å². The maximum Gasteiger partial charge on any atom is 0.294 e. The zero-order valence-corrected chi connectivity index (χ0v) is 16.0. The Hall–Kier alpha value is -2.77. The molecular formula is C20H20N2O4S. The van der Waals surface area contributed by atoms with Crippen LogP contribution < -0.4 is 0 Å². The standard InChI is InChI=1S/C20H20N2O4S/c1-20(2,3)14-5-10-17-13(12-14)4-11-18(23)19(17)22-21-15-6-8-16(9-7-15)27(24,25)26/h4-12,23H,1-3H3,(H,24,25,26). The molecule has 3 aromatic rings. The van der Waals surface area contributed by atoms with Gasteiger partial charge in [-0.05, 0) is 46.7 Å². The highest BCUT2D eigenvalue weighted by Gasteiger charge is 2.15. The lowest BCUT2D eigenvalue weighted by molar-refractivity contribution is 0.477. The Bertz CT molecular complexity index is 1130. The minimum Gasteiger partial charge on any atom is -0.506 e. The molecule has 0 aliphatic rings. The van der Waals surface area contributed by atoms with Gasteiger partial charge in [0.25, 0.3) is 10.1 Å². The molecule has 0 heterocycles. The van der Waals surface area contributed by atoms with Crippen LogP contribution in [0.25, 0.3) is 10.8 Å². The fourth-order valence-corrected chi connectivity index (χ4v) is 3.15. The summed E-state index contributed by atoms with van der Waals surface area (Å²) >= 11 is 0. The third-order valence-electron chi connectivity index (χ3n) is 4.24. The Morgan fingerprint density at radius 1 is 0.889 bits per heavy atom. The van der Waals surface area contributed by atoms with Gasteiger partial charge >= 0.3 is 0 Å². The highest BCUT2D eigenvalue weighted by atomic mass is 32.2. The molecule has 0 radical (unpaired) electrons. The second-order valence-electron chi connectivity index (χ2n) is 7.29. The zero-order valence-electron chi connectivity index (χ0n) is 15.2. The Morgan fingerprint density at radius 2 is 1.56 bits per heavy atom. The number of hydrogen-bond acceptors (Lipinski definition) is 5. The summed E-state index contributed by atoms with van der Waals surface area (Å²) in [4.78, 5) is -0.218. The van der Waals surface area contributed by atoms with Gasteiger partial charge in [0.2, 0.25) is 0 Å². The van der Waals surface area contributed by atoms with E-state index < -0.39 is 10.1 Å². The van der Waals surface area contributed by atoms with Crippen LogP contribution in [-0.2, 0) is 15.5 Å². The molecule has 0 unspecified atom stereocenters. The molecule has 0 atom stereocenters. The number of fused-ring (bicyclic) bond motifs is 1. The number of benzene rings is 3. The molecule has 0 aromatic heterocycles. The van der Waals surface area contributed by atoms with Crippen LogP contribution in [0.2, 0.25) is 0 Å². The number of aromatic hydroxyl groups is 1. The number of nitrogens with zero attached hydrogens (tertiary/aromatic N) is 2. The lowest BCUT2D eigenvalue weighted by Gasteiger charge is -2.19. The molecule has 0 bridgehead atoms. The molecule has 0 saturated carbocycles. The summed E-state index contributed by atoms with van der Waals surface area (Å²) in [6, 6.07) is 14.7. The van der Waals surface area contributed by atoms with Crippen LogP contribution in [0, 0.1) is 0 Å². The van der Waals surface area contributed by atoms with Crippen molar-refractivity contribution >= 4 is 32.3 Å². The van der Waals surface area contributed by atoms with Gasteiger partial charge in [0.1, 0.15) is 11.4 Å². The number of phenols is 1. The van der Waals surface area contributed by atoms with Crippen molar-refractivity contribution in [1.29, 1.82) is 0 Å². The SMILES string of the molecule is CC(C)(C)c1ccc2c(N=Nc3ccc(S(=O)(=O)O)cc3)c(O)ccc2c1. The maximum atomic E-state index is 11.1. The van der Waals surface area contributed by atoms with Gasteiger partial charge in [0.15, 0.2) is 0 Å². The monoisotopic (exact) mass is 384 g/mol. The van der Waals surface area contributed by atoms with Gasteiger partial charge in [0.05, 0.1) is 10.6 Å². The molecule has 3 aromatic carbocycles. The first-order valence-corrected chi connectivity index (χ1v) is 9.75. The van der Waals surface area contributed by atoms with Crippen LogP contribution in [0.1, 0.15) is 26.3 Å². The molecule has 0 amide bonds. The third-order valence-corrected chi connectivity index (χ3v) is 5.10. The van der Waals surface area contributed by atoms with Gasteiger partial charge < -0.3 is 5.11 Å². The molecule has 0 spiro atoms. The van der Waals surface area contributed by atoms with Crippen molar-refractivity contribution in [2.45, 2.75) is 31.1 Å². The quantitative estimate of drug-likeness (QED) is 0.460. The van der Waals surface area contributed by atoms with Crippen LogP contribution in [-0.4, -0.2) is 18.1 Å². The van der Waals surface area contributed by atoms with Crippen molar-refractivity contribution in [3.05, 3.63) is 60.2 Å². The van der Waals surface area contributed by atoms with Crippen LogP contribution in [0.5, 0.6) is 5.75 Å². The molecule has 27 heavy (non-hydrogen) atoms. The predicted octanol–water partition coefficient (Wildman–Crippen LogP) is 5.51. The van der Waals surface area contributed by atoms with Crippen LogP contribution in [0.4, 0.5) is 11.4 Å². The number of rotatable bonds is 3. The Kier molecular flexibility index (Phi) is 4.75. The summed E-state index contributed by atoms with van der Waals surface area (Å²) in [5, 5.41) is 20.1. The van der Waals surface area contributed by atoms with Crippen molar-refractivity contribution < 1.29 is 18.1 Å². The number of hydrogen-bond donors (Lipinski definition) is 2. The summed E-state index contributed by atoms with van der Waals surface area (Å²) in [5.41, 5.74) is 1.91. The van der Waals surface area contributed by atoms with E-state index in [1.54, 1.807) is 6.07 Å². The fraction of sp³-hybridized carbons (Fsp3) is 0.200. The molecule has 0 saturated heterocycles. The maximum absolute atomic E-state index is 11.1. The minimum atomic E-state index is -4.25. The molecular weight excluding hydrogens is 364 g/mol. The minimum absolute atomic E-state index is 0.00253. The summed E-state index contributed by atoms with van der Waals surface area (Å²) in [5.74, 6) is 0.00400. The lowest BCUT2D eigenvalue weighted by Crippen LogP contribution is -2.10. The van der Waals surface area contributed by atoms with Gasteiger partial charge in [0, 0.05) is 5.39 Å². The van der Waals surface area contributed by atoms with E-state index in [9.17, 15) is 13.5 Å². The Morgan fingerprint density at radius 3 is 2.15 bits per heavy atom. The van der Waals surface area contributed by atoms with Gasteiger partial charge in [-0.3, -0.25) is 4.55 Å². The first-order valence-electron chi connectivity index (χ1n) is 8.31. The van der Waals surface area contributed by atoms with Gasteiger partial charge in [-0.2, -0.15) is 13.5 Å². The summed E-state index contributed by atoms with van der Waals surface area (Å²) in [6.07, 6.45) is 0. The highest BCUT2D eigenvalue weighted by molar-refractivity contribution is 7.85. The number of azo groups is 1. The van der Waals surface area contributed by atoms with E-state index in [2.05, 4.69) is 37.1 Å². The third kappa shape index (κ3) is 4.15. The summed E-state index contributed by atoms with van der Waals surface area (Å²) in [7, 11) is -4.25. The normalized spacial score (nSPS) is 12.7. The molecule has 2 N–H and O–H groups in total. The number of phenolic OH excluding ortho intramolecular Hbond substituents is 1. The van der Waals surface area contributed by atoms with Crippen LogP contribution in [0.3, 0.4) is 0 Å². The van der Waals surface area contributed by atoms with Crippen molar-refractivity contribution in [2.24, 2.45) is 10.2 Å². The van der Waals surface area contributed by atoms with Crippen molar-refractivity contribution in [1.82, 2.24) is 0 Å². The summed E-state index contributed by atoms with van der Waals surface area (Å²) in [6.45, 7) is 6.39. The summed E-state index contributed by atoms with van der Waals surface area (Å²) < 4.78 is 31.2. The van der Waals surface area contributed by atoms with Gasteiger partial charge in [-0.15, -0.1) is 5.11 Å². The smallest absolute Gasteiger partial charge is 0.294 e. The predicted molar refractivity (Wildman–Crippen MR) is 105 cm³/mol. The fourth-order valence-electron chi connectivity index (χ4n) is 2.67. The Labute approximate surface area is 157 Å². The lowest BCUT2D eigenvalue weighted by atomic mass is 9.86. The van der Waals surface area contributed by atoms with Crippen molar-refractivity contribution in [2.75, 3.05) is 0 Å². The van der Waals surface area contributed by atoms with E-state index in [0.717, 1.165) is 10.8 Å². The largest absolute Gasteiger partial charge is 0.506 e.